The van der Waals surface area contributed by atoms with E-state index < -0.39 is 0 Å². The zero-order valence-electron chi connectivity index (χ0n) is 19.3. The minimum atomic E-state index is -0.180. The predicted octanol–water partition coefficient (Wildman–Crippen LogP) is 7.13. The van der Waals surface area contributed by atoms with Gasteiger partial charge in [0.15, 0.2) is 5.69 Å². The topological polar surface area (TPSA) is 81.2 Å². The average molecular weight is 428 g/mol. The fraction of sp³-hybridized carbons (Fsp3) is 0.615. The first-order valence-electron chi connectivity index (χ1n) is 12.3. The fourth-order valence-corrected chi connectivity index (χ4v) is 3.75. The zero-order chi connectivity index (χ0) is 22.2. The summed E-state index contributed by atoms with van der Waals surface area (Å²) in [5.41, 5.74) is 7.50. The average Bonchev–Trinajstić information content (AvgIpc) is 3.27. The van der Waals surface area contributed by atoms with Gasteiger partial charge in [-0.2, -0.15) is 0 Å². The van der Waals surface area contributed by atoms with Crippen LogP contribution in [0.2, 0.25) is 0 Å². The molecule has 31 heavy (non-hydrogen) atoms. The van der Waals surface area contributed by atoms with Crippen molar-refractivity contribution in [3.05, 3.63) is 36.2 Å². The molecule has 0 aliphatic heterocycles. The quantitative estimate of drug-likeness (QED) is 0.208. The van der Waals surface area contributed by atoms with Gasteiger partial charge in [-0.25, -0.2) is 4.98 Å². The number of aromatic nitrogens is 1. The predicted molar refractivity (Wildman–Crippen MR) is 129 cm³/mol. The first-order valence-corrected chi connectivity index (χ1v) is 12.3. The lowest BCUT2D eigenvalue weighted by Crippen LogP contribution is -2.24. The van der Waals surface area contributed by atoms with Gasteiger partial charge in [0.1, 0.15) is 6.26 Å². The van der Waals surface area contributed by atoms with Crippen molar-refractivity contribution in [3.8, 4) is 11.5 Å². The number of amides is 1. The van der Waals surface area contributed by atoms with Gasteiger partial charge in [-0.15, -0.1) is 0 Å². The number of rotatable bonds is 17. The summed E-state index contributed by atoms with van der Waals surface area (Å²) in [7, 11) is 0. The summed E-state index contributed by atoms with van der Waals surface area (Å²) in [5, 5.41) is 2.93. The number of nitrogens with one attached hydrogen (secondary N) is 1. The maximum Gasteiger partial charge on any atom is 0.273 e. The number of unbranched alkanes of at least 4 members (excludes halogenated alkanes) is 13. The molecule has 0 saturated carbocycles. The van der Waals surface area contributed by atoms with Crippen molar-refractivity contribution in [2.75, 3.05) is 12.3 Å². The van der Waals surface area contributed by atoms with E-state index in [1.54, 1.807) is 12.1 Å². The van der Waals surface area contributed by atoms with Crippen LogP contribution in [0.1, 0.15) is 107 Å². The van der Waals surface area contributed by atoms with Crippen LogP contribution in [0.25, 0.3) is 11.5 Å². The van der Waals surface area contributed by atoms with Gasteiger partial charge in [0.05, 0.1) is 0 Å². The van der Waals surface area contributed by atoms with E-state index >= 15 is 0 Å². The van der Waals surface area contributed by atoms with Gasteiger partial charge >= 0.3 is 0 Å². The van der Waals surface area contributed by atoms with Crippen molar-refractivity contribution in [2.45, 2.75) is 96.8 Å². The van der Waals surface area contributed by atoms with Crippen LogP contribution < -0.4 is 11.1 Å². The van der Waals surface area contributed by atoms with Crippen LogP contribution in [0.5, 0.6) is 0 Å². The summed E-state index contributed by atoms with van der Waals surface area (Å²) in [6.07, 6.45) is 20.0. The number of oxazole rings is 1. The molecule has 0 bridgehead atoms. The van der Waals surface area contributed by atoms with Crippen molar-refractivity contribution in [3.63, 3.8) is 0 Å². The van der Waals surface area contributed by atoms with E-state index in [-0.39, 0.29) is 5.91 Å². The zero-order valence-corrected chi connectivity index (χ0v) is 19.3. The molecule has 5 nitrogen and oxygen atoms in total. The number of carbonyl (C=O) groups excluding carboxylic acids is 1. The van der Waals surface area contributed by atoms with Gasteiger partial charge in [-0.05, 0) is 30.7 Å². The molecule has 172 valence electrons. The molecule has 1 amide bonds. The Morgan fingerprint density at radius 3 is 1.90 bits per heavy atom. The van der Waals surface area contributed by atoms with E-state index in [1.165, 1.54) is 83.3 Å². The van der Waals surface area contributed by atoms with Crippen LogP contribution >= 0.6 is 0 Å². The van der Waals surface area contributed by atoms with E-state index in [4.69, 9.17) is 10.2 Å². The molecule has 0 fully saturated rings. The highest BCUT2D eigenvalue weighted by atomic mass is 16.3. The minimum Gasteiger partial charge on any atom is -0.444 e. The Morgan fingerprint density at radius 2 is 1.35 bits per heavy atom. The molecular formula is C26H41N3O2. The maximum atomic E-state index is 12.2. The number of anilines is 1. The molecule has 3 N–H and O–H groups in total. The van der Waals surface area contributed by atoms with E-state index in [0.717, 1.165) is 18.4 Å². The third kappa shape index (κ3) is 10.5. The van der Waals surface area contributed by atoms with E-state index in [0.29, 0.717) is 23.8 Å². The van der Waals surface area contributed by atoms with Gasteiger partial charge in [0, 0.05) is 17.8 Å². The van der Waals surface area contributed by atoms with E-state index in [2.05, 4.69) is 17.2 Å². The number of hydrogen-bond donors (Lipinski definition) is 2. The van der Waals surface area contributed by atoms with Gasteiger partial charge in [0.2, 0.25) is 5.89 Å². The second-order valence-electron chi connectivity index (χ2n) is 8.51. The Labute approximate surface area is 188 Å². The summed E-state index contributed by atoms with van der Waals surface area (Å²) in [6.45, 7) is 2.95. The largest absolute Gasteiger partial charge is 0.444 e. The maximum absolute atomic E-state index is 12.2. The lowest BCUT2D eigenvalue weighted by Gasteiger charge is -2.04. The lowest BCUT2D eigenvalue weighted by molar-refractivity contribution is 0.0948. The molecule has 0 aliphatic rings. The van der Waals surface area contributed by atoms with Crippen LogP contribution in [0.3, 0.4) is 0 Å². The molecule has 0 radical (unpaired) electrons. The van der Waals surface area contributed by atoms with Crippen LogP contribution in [-0.2, 0) is 0 Å². The van der Waals surface area contributed by atoms with Crippen LogP contribution in [0.4, 0.5) is 5.69 Å². The standard InChI is InChI=1S/C26H41N3O2/c1-2-3-4-5-6-7-8-9-10-11-12-13-14-15-20-28-25(30)24-21-31-26(29-24)22-16-18-23(27)19-17-22/h16-19,21H,2-15,20,27H2,1H3,(H,28,30). The van der Waals surface area contributed by atoms with Crippen molar-refractivity contribution in [1.29, 1.82) is 0 Å². The van der Waals surface area contributed by atoms with Gasteiger partial charge in [0.25, 0.3) is 5.91 Å². The van der Waals surface area contributed by atoms with Crippen molar-refractivity contribution in [2.24, 2.45) is 0 Å². The molecule has 0 saturated heterocycles. The normalized spacial score (nSPS) is 11.0. The second-order valence-corrected chi connectivity index (χ2v) is 8.51. The number of benzene rings is 1. The summed E-state index contributed by atoms with van der Waals surface area (Å²) in [5.74, 6) is 0.252. The molecular weight excluding hydrogens is 386 g/mol. The SMILES string of the molecule is CCCCCCCCCCCCCCCCNC(=O)c1coc(-c2ccc(N)cc2)n1. The molecule has 0 spiro atoms. The molecule has 2 aromatic rings. The Kier molecular flexibility index (Phi) is 12.5. The molecule has 1 heterocycles. The highest BCUT2D eigenvalue weighted by molar-refractivity contribution is 5.92. The molecule has 2 rings (SSSR count). The monoisotopic (exact) mass is 427 g/mol. The number of nitrogens with two attached hydrogens (primary N) is 1. The van der Waals surface area contributed by atoms with Gasteiger partial charge in [-0.3, -0.25) is 4.79 Å². The molecule has 0 atom stereocenters. The summed E-state index contributed by atoms with van der Waals surface area (Å²) < 4.78 is 5.43. The highest BCUT2D eigenvalue weighted by Gasteiger charge is 2.12. The number of hydrogen-bond acceptors (Lipinski definition) is 4. The Hall–Kier alpha value is -2.30. The third-order valence-corrected chi connectivity index (χ3v) is 5.71. The van der Waals surface area contributed by atoms with Gasteiger partial charge < -0.3 is 15.5 Å². The highest BCUT2D eigenvalue weighted by Crippen LogP contribution is 2.20. The smallest absolute Gasteiger partial charge is 0.273 e. The molecule has 0 unspecified atom stereocenters. The Morgan fingerprint density at radius 1 is 0.839 bits per heavy atom. The van der Waals surface area contributed by atoms with Crippen molar-refractivity contribution < 1.29 is 9.21 Å². The molecule has 5 heteroatoms. The third-order valence-electron chi connectivity index (χ3n) is 5.71. The first-order chi connectivity index (χ1) is 15.2. The number of nitrogen functional groups attached to an aromatic ring is 1. The van der Waals surface area contributed by atoms with E-state index in [9.17, 15) is 4.79 Å². The van der Waals surface area contributed by atoms with Crippen LogP contribution in [-0.4, -0.2) is 17.4 Å². The molecule has 1 aromatic heterocycles. The van der Waals surface area contributed by atoms with Crippen molar-refractivity contribution >= 4 is 11.6 Å². The summed E-state index contributed by atoms with van der Waals surface area (Å²) in [6, 6.07) is 7.23. The van der Waals surface area contributed by atoms with Crippen molar-refractivity contribution in [1.82, 2.24) is 10.3 Å². The first kappa shape index (κ1) is 25.0. The molecule has 1 aromatic carbocycles. The number of nitrogens with zero attached hydrogens (tertiary/aromatic N) is 1. The molecule has 0 aliphatic carbocycles. The summed E-state index contributed by atoms with van der Waals surface area (Å²) >= 11 is 0. The lowest BCUT2D eigenvalue weighted by atomic mass is 10.0. The number of carbonyl (C=O) groups is 1. The Bertz CT molecular complexity index is 725. The Balaban J connectivity index is 1.44. The van der Waals surface area contributed by atoms with Crippen LogP contribution in [0, 0.1) is 0 Å². The minimum absolute atomic E-state index is 0.180. The second kappa shape index (κ2) is 15.5. The fourth-order valence-electron chi connectivity index (χ4n) is 3.75. The van der Waals surface area contributed by atoms with Gasteiger partial charge in [-0.1, -0.05) is 90.4 Å². The summed E-state index contributed by atoms with van der Waals surface area (Å²) in [4.78, 5) is 16.5. The van der Waals surface area contributed by atoms with E-state index in [1.807, 2.05) is 12.1 Å². The van der Waals surface area contributed by atoms with Crippen LogP contribution in [0.15, 0.2) is 34.9 Å².